The fraction of sp³-hybridized carbons (Fsp3) is 0. The number of rotatable bonds is 2. The smallest absolute Gasteiger partial charge is 0.155 e. The Hall–Kier alpha value is -3.80. The number of aromatic nitrogens is 5. The van der Waals surface area contributed by atoms with Crippen molar-refractivity contribution in [1.82, 2.24) is 24.6 Å². The molecule has 6 nitrogen and oxygen atoms in total. The lowest BCUT2D eigenvalue weighted by Gasteiger charge is -2.14. The van der Waals surface area contributed by atoms with Gasteiger partial charge in [0.25, 0.3) is 0 Å². The minimum atomic E-state index is 0.470. The summed E-state index contributed by atoms with van der Waals surface area (Å²) in [6, 6.07) is 17.7. The van der Waals surface area contributed by atoms with E-state index in [2.05, 4.69) is 15.1 Å². The van der Waals surface area contributed by atoms with Crippen molar-refractivity contribution in [2.75, 3.05) is 5.73 Å². The quantitative estimate of drug-likeness (QED) is 0.532. The highest BCUT2D eigenvalue weighted by atomic mass is 15.3. The van der Waals surface area contributed by atoms with Gasteiger partial charge in [-0.25, -0.2) is 14.5 Å². The molecule has 0 radical (unpaired) electrons. The number of nitrogen functional groups attached to an aromatic ring is 1. The molecule has 0 aliphatic carbocycles. The second kappa shape index (κ2) is 5.63. The molecule has 0 saturated heterocycles. The van der Waals surface area contributed by atoms with E-state index in [1.54, 1.807) is 10.7 Å². The molecule has 124 valence electrons. The highest BCUT2D eigenvalue weighted by Gasteiger charge is 2.17. The zero-order valence-electron chi connectivity index (χ0n) is 13.7. The summed E-state index contributed by atoms with van der Waals surface area (Å²) in [5, 5.41) is 5.08. The molecule has 4 aromatic heterocycles. The van der Waals surface area contributed by atoms with Crippen molar-refractivity contribution in [3.05, 3.63) is 73.3 Å². The maximum absolute atomic E-state index is 6.24. The Morgan fingerprint density at radius 2 is 1.73 bits per heavy atom. The van der Waals surface area contributed by atoms with Gasteiger partial charge in [-0.2, -0.15) is 5.10 Å². The van der Waals surface area contributed by atoms with E-state index in [1.165, 1.54) is 6.33 Å². The van der Waals surface area contributed by atoms with Gasteiger partial charge in [0, 0.05) is 34.5 Å². The molecule has 0 aliphatic heterocycles. The summed E-state index contributed by atoms with van der Waals surface area (Å²) in [5.41, 5.74) is 11.5. The topological polar surface area (TPSA) is 82.0 Å². The molecule has 26 heavy (non-hydrogen) atoms. The first-order valence-electron chi connectivity index (χ1n) is 8.20. The lowest BCUT2D eigenvalue weighted by atomic mass is 9.97. The molecule has 0 bridgehead atoms. The van der Waals surface area contributed by atoms with E-state index in [1.807, 2.05) is 60.8 Å². The molecule has 0 amide bonds. The number of fused-ring (bicyclic) bond motifs is 2. The zero-order valence-corrected chi connectivity index (χ0v) is 13.7. The second-order valence-electron chi connectivity index (χ2n) is 5.97. The predicted octanol–water partition coefficient (Wildman–Crippen LogP) is 3.59. The Morgan fingerprint density at radius 1 is 0.846 bits per heavy atom. The van der Waals surface area contributed by atoms with E-state index in [9.17, 15) is 0 Å². The molecular formula is C20H14N6. The van der Waals surface area contributed by atoms with Crippen molar-refractivity contribution in [1.29, 1.82) is 0 Å². The summed E-state index contributed by atoms with van der Waals surface area (Å²) in [5.74, 6) is 0.470. The van der Waals surface area contributed by atoms with Crippen LogP contribution in [0.15, 0.2) is 73.3 Å². The molecule has 2 N–H and O–H groups in total. The maximum Gasteiger partial charge on any atom is 0.155 e. The van der Waals surface area contributed by atoms with E-state index in [0.717, 1.165) is 38.9 Å². The molecule has 1 aromatic carbocycles. The number of hydrogen-bond donors (Lipinski definition) is 1. The highest BCUT2D eigenvalue weighted by Crippen LogP contribution is 2.37. The average molecular weight is 338 g/mol. The fourth-order valence-corrected chi connectivity index (χ4v) is 3.20. The monoisotopic (exact) mass is 338 g/mol. The van der Waals surface area contributed by atoms with Gasteiger partial charge in [-0.15, -0.1) is 0 Å². The largest absolute Gasteiger partial charge is 0.383 e. The van der Waals surface area contributed by atoms with Crippen molar-refractivity contribution in [3.63, 3.8) is 0 Å². The van der Waals surface area contributed by atoms with Gasteiger partial charge in [-0.05, 0) is 24.3 Å². The standard InChI is InChI=1S/C20H14N6/c21-20-15-7-4-10-22-19(15)17(18(25-20)13-5-2-1-3-6-13)14-8-9-16-23-12-24-26(16)11-14/h1-12H,(H2,21,25). The normalized spacial score (nSPS) is 11.2. The van der Waals surface area contributed by atoms with Crippen LogP contribution in [0.1, 0.15) is 0 Å². The summed E-state index contributed by atoms with van der Waals surface area (Å²) in [6.07, 6.45) is 5.25. The first kappa shape index (κ1) is 14.5. The van der Waals surface area contributed by atoms with Gasteiger partial charge in [0.05, 0.1) is 11.2 Å². The van der Waals surface area contributed by atoms with Crippen molar-refractivity contribution in [2.45, 2.75) is 0 Å². The van der Waals surface area contributed by atoms with Gasteiger partial charge in [-0.1, -0.05) is 30.3 Å². The molecule has 5 rings (SSSR count). The van der Waals surface area contributed by atoms with E-state index in [-0.39, 0.29) is 0 Å². The molecule has 4 heterocycles. The Morgan fingerprint density at radius 3 is 2.62 bits per heavy atom. The third kappa shape index (κ3) is 2.20. The Labute approximate surface area is 149 Å². The van der Waals surface area contributed by atoms with Crippen LogP contribution in [-0.4, -0.2) is 24.6 Å². The van der Waals surface area contributed by atoms with Crippen LogP contribution in [0.3, 0.4) is 0 Å². The van der Waals surface area contributed by atoms with Crippen molar-refractivity contribution >= 4 is 22.4 Å². The zero-order chi connectivity index (χ0) is 17.5. The van der Waals surface area contributed by atoms with Crippen molar-refractivity contribution < 1.29 is 0 Å². The van der Waals surface area contributed by atoms with Crippen LogP contribution in [-0.2, 0) is 0 Å². The highest BCUT2D eigenvalue weighted by molar-refractivity contribution is 6.04. The Kier molecular flexibility index (Phi) is 3.15. The van der Waals surface area contributed by atoms with Gasteiger partial charge in [0.2, 0.25) is 0 Å². The van der Waals surface area contributed by atoms with Crippen LogP contribution in [0.25, 0.3) is 38.9 Å². The van der Waals surface area contributed by atoms with Crippen molar-refractivity contribution in [2.24, 2.45) is 0 Å². The first-order chi connectivity index (χ1) is 12.8. The van der Waals surface area contributed by atoms with Crippen LogP contribution in [0.2, 0.25) is 0 Å². The third-order valence-corrected chi connectivity index (χ3v) is 4.40. The molecule has 0 saturated carbocycles. The van der Waals surface area contributed by atoms with Gasteiger partial charge in [0.15, 0.2) is 5.65 Å². The maximum atomic E-state index is 6.24. The van der Waals surface area contributed by atoms with Crippen molar-refractivity contribution in [3.8, 4) is 22.4 Å². The molecule has 0 unspecified atom stereocenters. The molecule has 5 aromatic rings. The molecule has 0 atom stereocenters. The average Bonchev–Trinajstić information content (AvgIpc) is 3.16. The van der Waals surface area contributed by atoms with Crippen LogP contribution in [0, 0.1) is 0 Å². The molecule has 0 fully saturated rings. The van der Waals surface area contributed by atoms with Gasteiger partial charge >= 0.3 is 0 Å². The lowest BCUT2D eigenvalue weighted by molar-refractivity contribution is 0.963. The number of anilines is 1. The summed E-state index contributed by atoms with van der Waals surface area (Å²) in [6.45, 7) is 0. The van der Waals surface area contributed by atoms with Gasteiger partial charge in [-0.3, -0.25) is 4.98 Å². The van der Waals surface area contributed by atoms with Crippen LogP contribution >= 0.6 is 0 Å². The van der Waals surface area contributed by atoms with E-state index >= 15 is 0 Å². The first-order valence-corrected chi connectivity index (χ1v) is 8.20. The van der Waals surface area contributed by atoms with Crippen LogP contribution in [0.5, 0.6) is 0 Å². The Balaban J connectivity index is 1.91. The fourth-order valence-electron chi connectivity index (χ4n) is 3.20. The minimum Gasteiger partial charge on any atom is -0.383 e. The van der Waals surface area contributed by atoms with Gasteiger partial charge in [0.1, 0.15) is 12.1 Å². The Bertz CT molecular complexity index is 1240. The summed E-state index contributed by atoms with van der Waals surface area (Å²) in [4.78, 5) is 13.5. The minimum absolute atomic E-state index is 0.470. The number of nitrogens with two attached hydrogens (primary N) is 1. The third-order valence-electron chi connectivity index (χ3n) is 4.40. The van der Waals surface area contributed by atoms with E-state index in [4.69, 9.17) is 10.7 Å². The summed E-state index contributed by atoms with van der Waals surface area (Å²) in [7, 11) is 0. The summed E-state index contributed by atoms with van der Waals surface area (Å²) < 4.78 is 1.75. The van der Waals surface area contributed by atoms with E-state index < -0.39 is 0 Å². The van der Waals surface area contributed by atoms with Gasteiger partial charge < -0.3 is 5.73 Å². The molecule has 0 spiro atoms. The molecular weight excluding hydrogens is 324 g/mol. The number of pyridine rings is 3. The predicted molar refractivity (Wildman–Crippen MR) is 101 cm³/mol. The SMILES string of the molecule is Nc1nc(-c2ccccc2)c(-c2ccc3ncnn3c2)c2ncccc12. The molecule has 0 aliphatic rings. The lowest BCUT2D eigenvalue weighted by Crippen LogP contribution is -2.00. The number of nitrogens with zero attached hydrogens (tertiary/aromatic N) is 5. The molecule has 6 heteroatoms. The summed E-state index contributed by atoms with van der Waals surface area (Å²) >= 11 is 0. The number of benzene rings is 1. The van der Waals surface area contributed by atoms with Crippen LogP contribution < -0.4 is 5.73 Å². The second-order valence-corrected chi connectivity index (χ2v) is 5.97. The van der Waals surface area contributed by atoms with Crippen LogP contribution in [0.4, 0.5) is 5.82 Å². The van der Waals surface area contributed by atoms with E-state index in [0.29, 0.717) is 5.82 Å². The number of hydrogen-bond acceptors (Lipinski definition) is 5.